The van der Waals surface area contributed by atoms with E-state index in [0.29, 0.717) is 22.2 Å². The summed E-state index contributed by atoms with van der Waals surface area (Å²) in [6.07, 6.45) is 0.200. The van der Waals surface area contributed by atoms with E-state index >= 15 is 0 Å². The monoisotopic (exact) mass is 336 g/mol. The maximum atomic E-state index is 11.8. The van der Waals surface area contributed by atoms with Gasteiger partial charge in [-0.3, -0.25) is 10.4 Å². The van der Waals surface area contributed by atoms with Crippen molar-refractivity contribution in [2.45, 2.75) is 37.6 Å². The van der Waals surface area contributed by atoms with Crippen LogP contribution in [0.3, 0.4) is 0 Å². The van der Waals surface area contributed by atoms with E-state index in [9.17, 15) is 9.90 Å². The average Bonchev–Trinajstić information content (AvgIpc) is 2.96. The van der Waals surface area contributed by atoms with Crippen molar-refractivity contribution in [2.75, 3.05) is 11.1 Å². The molecular weight excluding hydrogens is 316 g/mol. The number of H-pyrrole nitrogens is 1. The zero-order valence-corrected chi connectivity index (χ0v) is 14.1. The number of aromatic nitrogens is 3. The Morgan fingerprint density at radius 2 is 2.26 bits per heavy atom. The largest absolute Gasteiger partial charge is 0.444 e. The van der Waals surface area contributed by atoms with Crippen LogP contribution in [0.4, 0.5) is 10.5 Å². The fourth-order valence-electron chi connectivity index (χ4n) is 1.76. The molecule has 2 rings (SSSR count). The lowest BCUT2D eigenvalue weighted by atomic mass is 10.1. The number of hydrogen-bond acceptors (Lipinski definition) is 6. The van der Waals surface area contributed by atoms with E-state index in [1.807, 2.05) is 0 Å². The third-order valence-corrected chi connectivity index (χ3v) is 3.64. The second kappa shape index (κ2) is 7.47. The highest BCUT2D eigenvalue weighted by Crippen LogP contribution is 2.24. The summed E-state index contributed by atoms with van der Waals surface area (Å²) in [4.78, 5) is 15.8. The normalized spacial score (nSPS) is 12.7. The predicted molar refractivity (Wildman–Crippen MR) is 88.4 cm³/mol. The van der Waals surface area contributed by atoms with Crippen molar-refractivity contribution in [2.24, 2.45) is 0 Å². The third kappa shape index (κ3) is 5.91. The quantitative estimate of drug-likeness (QED) is 0.726. The lowest BCUT2D eigenvalue weighted by Crippen LogP contribution is -2.27. The van der Waals surface area contributed by atoms with Gasteiger partial charge in [0.05, 0.1) is 6.10 Å². The van der Waals surface area contributed by atoms with E-state index in [-0.39, 0.29) is 0 Å². The molecule has 0 bridgehead atoms. The molecule has 124 valence electrons. The van der Waals surface area contributed by atoms with Crippen LogP contribution in [0, 0.1) is 0 Å². The van der Waals surface area contributed by atoms with Crippen molar-refractivity contribution >= 4 is 23.5 Å². The van der Waals surface area contributed by atoms with Crippen LogP contribution >= 0.6 is 11.8 Å². The molecule has 2 aromatic rings. The van der Waals surface area contributed by atoms with Gasteiger partial charge >= 0.3 is 6.09 Å². The number of anilines is 1. The maximum Gasteiger partial charge on any atom is 0.412 e. The van der Waals surface area contributed by atoms with Crippen LogP contribution in [-0.2, 0) is 4.74 Å². The van der Waals surface area contributed by atoms with Gasteiger partial charge in [0.15, 0.2) is 5.16 Å². The first-order valence-electron chi connectivity index (χ1n) is 7.10. The summed E-state index contributed by atoms with van der Waals surface area (Å²) < 4.78 is 5.20. The van der Waals surface area contributed by atoms with Crippen molar-refractivity contribution in [3.63, 3.8) is 0 Å². The number of thioether (sulfide) groups is 1. The van der Waals surface area contributed by atoms with Gasteiger partial charge in [-0.1, -0.05) is 23.9 Å². The fraction of sp³-hybridized carbons (Fsp3) is 0.400. The van der Waals surface area contributed by atoms with Crippen LogP contribution in [0.5, 0.6) is 0 Å². The van der Waals surface area contributed by atoms with E-state index in [2.05, 4.69) is 20.5 Å². The van der Waals surface area contributed by atoms with Crippen LogP contribution in [-0.4, -0.2) is 37.7 Å². The number of carbonyl (C=O) groups is 1. The van der Waals surface area contributed by atoms with Gasteiger partial charge in [-0.05, 0) is 38.5 Å². The third-order valence-electron chi connectivity index (χ3n) is 2.69. The number of aliphatic hydroxyl groups is 1. The summed E-state index contributed by atoms with van der Waals surface area (Å²) in [5, 5.41) is 20.0. The Bertz CT molecular complexity index is 640. The van der Waals surface area contributed by atoms with Gasteiger partial charge in [0.1, 0.15) is 11.9 Å². The molecule has 0 saturated carbocycles. The molecule has 0 aliphatic rings. The molecule has 3 N–H and O–H groups in total. The smallest absolute Gasteiger partial charge is 0.412 e. The zero-order valence-electron chi connectivity index (χ0n) is 13.2. The SMILES string of the molecule is CC(C)(C)OC(=O)Nc1cccc(C(O)CSc2ncn[nH]2)c1. The number of carbonyl (C=O) groups excluding carboxylic acids is 1. The summed E-state index contributed by atoms with van der Waals surface area (Å²) in [7, 11) is 0. The van der Waals surface area contributed by atoms with Gasteiger partial charge < -0.3 is 9.84 Å². The van der Waals surface area contributed by atoms with Crippen LogP contribution in [0.25, 0.3) is 0 Å². The molecule has 0 saturated heterocycles. The summed E-state index contributed by atoms with van der Waals surface area (Å²) in [5.74, 6) is 0.422. The highest BCUT2D eigenvalue weighted by Gasteiger charge is 2.17. The van der Waals surface area contributed by atoms with Crippen LogP contribution < -0.4 is 5.32 Å². The van der Waals surface area contributed by atoms with Crippen LogP contribution in [0.1, 0.15) is 32.4 Å². The van der Waals surface area contributed by atoms with E-state index in [1.54, 1.807) is 45.0 Å². The predicted octanol–water partition coefficient (Wildman–Crippen LogP) is 2.98. The first kappa shape index (κ1) is 17.3. The number of aromatic amines is 1. The number of nitrogens with one attached hydrogen (secondary N) is 2. The summed E-state index contributed by atoms with van der Waals surface area (Å²) >= 11 is 1.37. The molecule has 1 unspecified atom stereocenters. The summed E-state index contributed by atoms with van der Waals surface area (Å²) in [6, 6.07) is 7.02. The number of benzene rings is 1. The molecule has 1 atom stereocenters. The molecule has 0 radical (unpaired) electrons. The van der Waals surface area contributed by atoms with Gasteiger partial charge in [-0.25, -0.2) is 9.78 Å². The topological polar surface area (TPSA) is 100 Å². The number of nitrogens with zero attached hydrogens (tertiary/aromatic N) is 2. The van der Waals surface area contributed by atoms with E-state index in [4.69, 9.17) is 4.74 Å². The van der Waals surface area contributed by atoms with E-state index in [0.717, 1.165) is 0 Å². The number of hydrogen-bond donors (Lipinski definition) is 3. The second-order valence-corrected chi connectivity index (χ2v) is 6.88. The highest BCUT2D eigenvalue weighted by molar-refractivity contribution is 7.99. The fourth-order valence-corrected chi connectivity index (χ4v) is 2.51. The Morgan fingerprint density at radius 3 is 2.91 bits per heavy atom. The molecule has 8 heteroatoms. The van der Waals surface area contributed by atoms with Crippen molar-refractivity contribution in [1.29, 1.82) is 0 Å². The molecule has 0 fully saturated rings. The molecule has 1 aromatic carbocycles. The Labute approximate surface area is 138 Å². The second-order valence-electron chi connectivity index (χ2n) is 5.87. The van der Waals surface area contributed by atoms with Gasteiger partial charge in [-0.15, -0.1) is 0 Å². The van der Waals surface area contributed by atoms with Crippen molar-refractivity contribution in [3.8, 4) is 0 Å². The summed E-state index contributed by atoms with van der Waals surface area (Å²) in [5.41, 5.74) is 0.709. The van der Waals surface area contributed by atoms with Crippen LogP contribution in [0.15, 0.2) is 35.7 Å². The molecule has 0 aliphatic heterocycles. The number of aliphatic hydroxyl groups excluding tert-OH is 1. The first-order chi connectivity index (χ1) is 10.8. The lowest BCUT2D eigenvalue weighted by Gasteiger charge is -2.20. The Kier molecular flexibility index (Phi) is 5.62. The molecule has 7 nitrogen and oxygen atoms in total. The Hall–Kier alpha value is -2.06. The number of amides is 1. The Morgan fingerprint density at radius 1 is 1.48 bits per heavy atom. The van der Waals surface area contributed by atoms with Crippen molar-refractivity contribution in [3.05, 3.63) is 36.2 Å². The molecule has 1 aromatic heterocycles. The minimum absolute atomic E-state index is 0.422. The van der Waals surface area contributed by atoms with E-state index in [1.165, 1.54) is 18.1 Å². The van der Waals surface area contributed by atoms with Gasteiger partial charge in [0.25, 0.3) is 0 Å². The summed E-state index contributed by atoms with van der Waals surface area (Å²) in [6.45, 7) is 5.40. The average molecular weight is 336 g/mol. The van der Waals surface area contributed by atoms with Gasteiger partial charge in [0.2, 0.25) is 0 Å². The minimum atomic E-state index is -0.689. The number of rotatable bonds is 5. The molecule has 0 spiro atoms. The van der Waals surface area contributed by atoms with Crippen LogP contribution in [0.2, 0.25) is 0 Å². The zero-order chi connectivity index (χ0) is 16.9. The standard InChI is InChI=1S/C15H20N4O3S/c1-15(2,3)22-14(21)18-11-6-4-5-10(7-11)12(20)8-23-13-16-9-17-19-13/h4-7,9,12,20H,8H2,1-3H3,(H,18,21)(H,16,17,19). The molecule has 1 heterocycles. The molecular formula is C15H20N4O3S. The lowest BCUT2D eigenvalue weighted by molar-refractivity contribution is 0.0636. The van der Waals surface area contributed by atoms with Crippen molar-refractivity contribution < 1.29 is 14.6 Å². The molecule has 0 aliphatic carbocycles. The molecule has 1 amide bonds. The first-order valence-corrected chi connectivity index (χ1v) is 8.08. The highest BCUT2D eigenvalue weighted by atomic mass is 32.2. The molecule has 23 heavy (non-hydrogen) atoms. The maximum absolute atomic E-state index is 11.8. The Balaban J connectivity index is 1.94. The van der Waals surface area contributed by atoms with Gasteiger partial charge in [-0.2, -0.15) is 5.10 Å². The minimum Gasteiger partial charge on any atom is -0.444 e. The van der Waals surface area contributed by atoms with E-state index < -0.39 is 17.8 Å². The van der Waals surface area contributed by atoms with Crippen molar-refractivity contribution in [1.82, 2.24) is 15.2 Å². The van der Waals surface area contributed by atoms with Gasteiger partial charge in [0, 0.05) is 11.4 Å². The number of ether oxygens (including phenoxy) is 1.